The van der Waals surface area contributed by atoms with E-state index in [0.717, 1.165) is 4.88 Å². The van der Waals surface area contributed by atoms with Crippen LogP contribution in [0.4, 0.5) is 13.2 Å². The zero-order valence-corrected chi connectivity index (χ0v) is 10.1. The second-order valence-corrected chi connectivity index (χ2v) is 5.03. The number of aromatic nitrogens is 1. The van der Waals surface area contributed by atoms with Gasteiger partial charge >= 0.3 is 0 Å². The van der Waals surface area contributed by atoms with E-state index in [2.05, 4.69) is 4.98 Å². The zero-order chi connectivity index (χ0) is 12.6. The molecule has 2 rings (SSSR count). The van der Waals surface area contributed by atoms with Crippen LogP contribution in [0.15, 0.2) is 18.3 Å². The summed E-state index contributed by atoms with van der Waals surface area (Å²) in [6, 6.07) is 1.32. The lowest BCUT2D eigenvalue weighted by Crippen LogP contribution is -1.91. The van der Waals surface area contributed by atoms with Crippen molar-refractivity contribution in [1.29, 1.82) is 0 Å². The summed E-state index contributed by atoms with van der Waals surface area (Å²) in [5, 5.41) is 0.240. The lowest BCUT2D eigenvalue weighted by molar-refractivity contribution is 0.548. The molecule has 0 saturated heterocycles. The number of hydrogen-bond acceptors (Lipinski definition) is 2. The van der Waals surface area contributed by atoms with Crippen molar-refractivity contribution in [3.63, 3.8) is 0 Å². The van der Waals surface area contributed by atoms with Crippen molar-refractivity contribution < 1.29 is 13.2 Å². The van der Waals surface area contributed by atoms with Crippen molar-refractivity contribution >= 4 is 11.3 Å². The van der Waals surface area contributed by atoms with Crippen molar-refractivity contribution in [1.82, 2.24) is 4.98 Å². The van der Waals surface area contributed by atoms with Crippen LogP contribution in [-0.2, 0) is 0 Å². The molecule has 1 aromatic heterocycles. The molecule has 17 heavy (non-hydrogen) atoms. The van der Waals surface area contributed by atoms with Gasteiger partial charge in [0.15, 0.2) is 0 Å². The summed E-state index contributed by atoms with van der Waals surface area (Å²) in [4.78, 5) is 4.91. The Morgan fingerprint density at radius 3 is 2.18 bits per heavy atom. The lowest BCUT2D eigenvalue weighted by atomic mass is 10.2. The number of thiazole rings is 1. The zero-order valence-electron chi connectivity index (χ0n) is 9.30. The van der Waals surface area contributed by atoms with E-state index < -0.39 is 17.5 Å². The first-order chi connectivity index (χ1) is 7.99. The van der Waals surface area contributed by atoms with Crippen molar-refractivity contribution in [2.75, 3.05) is 0 Å². The van der Waals surface area contributed by atoms with Crippen LogP contribution in [0, 0.1) is 17.5 Å². The molecule has 90 valence electrons. The third kappa shape index (κ3) is 2.34. The number of nitrogens with zero attached hydrogens (tertiary/aromatic N) is 1. The molecule has 0 N–H and O–H groups in total. The van der Waals surface area contributed by atoms with Crippen LogP contribution in [0.2, 0.25) is 0 Å². The molecule has 0 aliphatic heterocycles. The molecule has 0 aliphatic carbocycles. The molecule has 0 amide bonds. The van der Waals surface area contributed by atoms with Crippen molar-refractivity contribution in [2.45, 2.75) is 19.8 Å². The number of halogens is 3. The van der Waals surface area contributed by atoms with E-state index in [0.29, 0.717) is 12.1 Å². The molecule has 0 radical (unpaired) electrons. The van der Waals surface area contributed by atoms with Gasteiger partial charge < -0.3 is 0 Å². The minimum atomic E-state index is -0.926. The highest BCUT2D eigenvalue weighted by Crippen LogP contribution is 2.32. The third-order valence-corrected chi connectivity index (χ3v) is 3.63. The molecule has 1 nitrogen and oxygen atoms in total. The van der Waals surface area contributed by atoms with Crippen LogP contribution in [0.25, 0.3) is 10.6 Å². The van der Waals surface area contributed by atoms with Crippen LogP contribution in [-0.4, -0.2) is 4.98 Å². The molecule has 0 unspecified atom stereocenters. The lowest BCUT2D eigenvalue weighted by Gasteiger charge is -2.01. The average molecular weight is 257 g/mol. The molecule has 1 aromatic carbocycles. The van der Waals surface area contributed by atoms with Crippen LogP contribution < -0.4 is 0 Å². The summed E-state index contributed by atoms with van der Waals surface area (Å²) in [6.45, 7) is 3.93. The minimum absolute atomic E-state index is 0.240. The third-order valence-electron chi connectivity index (χ3n) is 2.31. The maximum atomic E-state index is 13.5. The Morgan fingerprint density at radius 2 is 1.71 bits per heavy atom. The molecule has 2 aromatic rings. The summed E-state index contributed by atoms with van der Waals surface area (Å²) in [5.41, 5.74) is -0.261. The van der Waals surface area contributed by atoms with Gasteiger partial charge in [-0.1, -0.05) is 13.8 Å². The number of hydrogen-bond donors (Lipinski definition) is 0. The van der Waals surface area contributed by atoms with Crippen LogP contribution >= 0.6 is 11.3 Å². The van der Waals surface area contributed by atoms with Gasteiger partial charge in [0.1, 0.15) is 22.5 Å². The van der Waals surface area contributed by atoms with E-state index in [-0.39, 0.29) is 16.5 Å². The monoisotopic (exact) mass is 257 g/mol. The predicted molar refractivity (Wildman–Crippen MR) is 61.5 cm³/mol. The SMILES string of the molecule is CC(C)c1cnc(-c2c(F)cc(F)cc2F)s1. The molecule has 0 spiro atoms. The van der Waals surface area contributed by atoms with E-state index in [4.69, 9.17) is 0 Å². The maximum absolute atomic E-state index is 13.5. The van der Waals surface area contributed by atoms with Gasteiger partial charge in [-0.05, 0) is 5.92 Å². The molecular weight excluding hydrogens is 247 g/mol. The Bertz CT molecular complexity index is 525. The normalized spacial score (nSPS) is 11.2. The van der Waals surface area contributed by atoms with E-state index in [9.17, 15) is 13.2 Å². The van der Waals surface area contributed by atoms with Gasteiger partial charge in [0.2, 0.25) is 0 Å². The number of rotatable bonds is 2. The summed E-state index contributed by atoms with van der Waals surface area (Å²) < 4.78 is 39.7. The number of benzene rings is 1. The Kier molecular flexibility index (Phi) is 3.19. The van der Waals surface area contributed by atoms with Gasteiger partial charge in [0.25, 0.3) is 0 Å². The van der Waals surface area contributed by atoms with E-state index in [1.54, 1.807) is 6.20 Å². The highest BCUT2D eigenvalue weighted by Gasteiger charge is 2.17. The van der Waals surface area contributed by atoms with Crippen molar-refractivity contribution in [3.05, 3.63) is 40.7 Å². The maximum Gasteiger partial charge on any atom is 0.139 e. The first-order valence-corrected chi connectivity index (χ1v) is 5.91. The van der Waals surface area contributed by atoms with Crippen LogP contribution in [0.5, 0.6) is 0 Å². The molecule has 0 saturated carbocycles. The second kappa shape index (κ2) is 4.49. The van der Waals surface area contributed by atoms with Gasteiger partial charge in [-0.15, -0.1) is 11.3 Å². The molecule has 1 heterocycles. The standard InChI is InChI=1S/C12H10F3NS/c1-6(2)10-5-16-12(17-10)11-8(14)3-7(13)4-9(11)15/h3-6H,1-2H3. The quantitative estimate of drug-likeness (QED) is 0.779. The molecule has 0 aliphatic rings. The van der Waals surface area contributed by atoms with E-state index in [1.165, 1.54) is 11.3 Å². The Balaban J connectivity index is 2.52. The summed E-state index contributed by atoms with van der Waals surface area (Å²) in [7, 11) is 0. The summed E-state index contributed by atoms with van der Waals surface area (Å²) in [5.74, 6) is -2.53. The highest BCUT2D eigenvalue weighted by molar-refractivity contribution is 7.15. The van der Waals surface area contributed by atoms with Gasteiger partial charge in [0.05, 0.1) is 5.56 Å². The van der Waals surface area contributed by atoms with E-state index >= 15 is 0 Å². The minimum Gasteiger partial charge on any atom is -0.244 e. The van der Waals surface area contributed by atoms with Gasteiger partial charge in [-0.25, -0.2) is 18.2 Å². The summed E-state index contributed by atoms with van der Waals surface area (Å²) >= 11 is 1.21. The van der Waals surface area contributed by atoms with Crippen LogP contribution in [0.1, 0.15) is 24.6 Å². The van der Waals surface area contributed by atoms with Crippen molar-refractivity contribution in [2.24, 2.45) is 0 Å². The first-order valence-electron chi connectivity index (χ1n) is 5.09. The van der Waals surface area contributed by atoms with E-state index in [1.807, 2.05) is 13.8 Å². The molecule has 5 heteroatoms. The Hall–Kier alpha value is -1.36. The average Bonchev–Trinajstić information content (AvgIpc) is 2.65. The second-order valence-electron chi connectivity index (χ2n) is 3.97. The first kappa shape index (κ1) is 12.1. The fourth-order valence-electron chi connectivity index (χ4n) is 1.42. The summed E-state index contributed by atoms with van der Waals surface area (Å²) in [6.07, 6.45) is 1.59. The molecule has 0 fully saturated rings. The van der Waals surface area contributed by atoms with Crippen LogP contribution in [0.3, 0.4) is 0 Å². The highest BCUT2D eigenvalue weighted by atomic mass is 32.1. The van der Waals surface area contributed by atoms with Gasteiger partial charge in [0, 0.05) is 23.2 Å². The topological polar surface area (TPSA) is 12.9 Å². The Morgan fingerprint density at radius 1 is 1.12 bits per heavy atom. The largest absolute Gasteiger partial charge is 0.244 e. The fraction of sp³-hybridized carbons (Fsp3) is 0.250. The fourth-order valence-corrected chi connectivity index (χ4v) is 2.38. The van der Waals surface area contributed by atoms with Crippen molar-refractivity contribution in [3.8, 4) is 10.6 Å². The predicted octanol–water partition coefficient (Wildman–Crippen LogP) is 4.35. The smallest absolute Gasteiger partial charge is 0.139 e. The van der Waals surface area contributed by atoms with Gasteiger partial charge in [-0.3, -0.25) is 0 Å². The molecule has 0 bridgehead atoms. The Labute approximate surface area is 101 Å². The molecule has 0 atom stereocenters. The molecular formula is C12H10F3NS. The van der Waals surface area contributed by atoms with Gasteiger partial charge in [-0.2, -0.15) is 0 Å².